The lowest BCUT2D eigenvalue weighted by Crippen LogP contribution is -2.53. The molecule has 1 aliphatic heterocycles. The minimum absolute atomic E-state index is 0.180. The second-order valence-corrected chi connectivity index (χ2v) is 5.53. The third kappa shape index (κ3) is 2.91. The molecule has 2 rings (SSSR count). The molecule has 0 spiro atoms. The van der Waals surface area contributed by atoms with E-state index in [0.29, 0.717) is 6.61 Å². The number of thiophene rings is 1. The van der Waals surface area contributed by atoms with E-state index in [1.807, 2.05) is 6.92 Å². The van der Waals surface area contributed by atoms with Crippen LogP contribution in [0.25, 0.3) is 0 Å². The maximum atomic E-state index is 7.74. The summed E-state index contributed by atoms with van der Waals surface area (Å²) in [6, 6.07) is 2.17. The topological polar surface area (TPSA) is 62.3 Å². The summed E-state index contributed by atoms with van der Waals surface area (Å²) in [6.07, 6.45) is 1.64. The number of ether oxygens (including phenoxy) is 1. The number of nitrogens with two attached hydrogens (primary N) is 1. The third-order valence-electron chi connectivity index (χ3n) is 3.56. The maximum absolute atomic E-state index is 7.74. The molecular weight excluding hydrogens is 246 g/mol. The first-order chi connectivity index (χ1) is 8.66. The molecule has 1 aliphatic rings. The lowest BCUT2D eigenvalue weighted by Gasteiger charge is -2.40. The van der Waals surface area contributed by atoms with Gasteiger partial charge in [-0.15, -0.1) is 0 Å². The summed E-state index contributed by atoms with van der Waals surface area (Å²) < 4.78 is 5.74. The highest BCUT2D eigenvalue weighted by Crippen LogP contribution is 2.27. The third-order valence-corrected chi connectivity index (χ3v) is 4.29. The van der Waals surface area contributed by atoms with E-state index in [4.69, 9.17) is 15.9 Å². The van der Waals surface area contributed by atoms with Crippen molar-refractivity contribution in [3.63, 3.8) is 0 Å². The van der Waals surface area contributed by atoms with Crippen molar-refractivity contribution in [1.29, 1.82) is 5.41 Å². The molecule has 0 atom stereocenters. The van der Waals surface area contributed by atoms with Gasteiger partial charge in [-0.25, -0.2) is 0 Å². The van der Waals surface area contributed by atoms with Crippen molar-refractivity contribution in [2.75, 3.05) is 19.7 Å². The fourth-order valence-electron chi connectivity index (χ4n) is 2.48. The van der Waals surface area contributed by atoms with Crippen molar-refractivity contribution in [2.45, 2.75) is 31.9 Å². The molecule has 0 amide bonds. The molecule has 100 valence electrons. The number of amidine groups is 1. The zero-order valence-corrected chi connectivity index (χ0v) is 11.6. The smallest absolute Gasteiger partial charge is 0.127 e. The molecule has 0 radical (unpaired) electrons. The Labute approximate surface area is 112 Å². The normalized spacial score (nSPS) is 19.8. The highest BCUT2D eigenvalue weighted by atomic mass is 32.1. The summed E-state index contributed by atoms with van der Waals surface area (Å²) in [6.45, 7) is 5.45. The van der Waals surface area contributed by atoms with Gasteiger partial charge < -0.3 is 10.5 Å². The molecule has 0 unspecified atom stereocenters. The lowest BCUT2D eigenvalue weighted by atomic mass is 9.89. The average molecular weight is 267 g/mol. The van der Waals surface area contributed by atoms with Gasteiger partial charge in [0.2, 0.25) is 0 Å². The monoisotopic (exact) mass is 267 g/mol. The van der Waals surface area contributed by atoms with E-state index in [-0.39, 0.29) is 5.84 Å². The Bertz CT molecular complexity index is 383. The summed E-state index contributed by atoms with van der Waals surface area (Å²) >= 11 is 1.74. The van der Waals surface area contributed by atoms with Gasteiger partial charge >= 0.3 is 0 Å². The molecule has 1 aromatic rings. The molecule has 1 aromatic heterocycles. The van der Waals surface area contributed by atoms with Gasteiger partial charge in [0.25, 0.3) is 0 Å². The van der Waals surface area contributed by atoms with Crippen molar-refractivity contribution in [3.8, 4) is 0 Å². The van der Waals surface area contributed by atoms with Crippen molar-refractivity contribution in [3.05, 3.63) is 22.4 Å². The lowest BCUT2D eigenvalue weighted by molar-refractivity contribution is -0.0322. The molecule has 0 bridgehead atoms. The second kappa shape index (κ2) is 5.82. The molecule has 2 heterocycles. The average Bonchev–Trinajstić information content (AvgIpc) is 2.85. The van der Waals surface area contributed by atoms with E-state index >= 15 is 0 Å². The van der Waals surface area contributed by atoms with Gasteiger partial charge in [-0.2, -0.15) is 11.3 Å². The van der Waals surface area contributed by atoms with E-state index in [1.54, 1.807) is 11.3 Å². The quantitative estimate of drug-likeness (QED) is 0.634. The van der Waals surface area contributed by atoms with Crippen LogP contribution in [0.1, 0.15) is 25.3 Å². The molecule has 0 saturated carbocycles. The van der Waals surface area contributed by atoms with Crippen molar-refractivity contribution in [1.82, 2.24) is 4.90 Å². The van der Waals surface area contributed by atoms with Gasteiger partial charge in [0, 0.05) is 26.2 Å². The number of rotatable bonds is 5. The van der Waals surface area contributed by atoms with Crippen LogP contribution < -0.4 is 5.73 Å². The summed E-state index contributed by atoms with van der Waals surface area (Å²) in [7, 11) is 0. The van der Waals surface area contributed by atoms with Gasteiger partial charge in [-0.3, -0.25) is 10.3 Å². The van der Waals surface area contributed by atoms with Crippen LogP contribution in [-0.4, -0.2) is 36.0 Å². The SMILES string of the molecule is CCOC1(C(=N)N)CCN(Cc2ccsc2)CC1. The number of nitrogens with one attached hydrogen (secondary N) is 1. The minimum Gasteiger partial charge on any atom is -0.385 e. The predicted octanol–water partition coefficient (Wildman–Crippen LogP) is 2.06. The first kappa shape index (κ1) is 13.5. The fraction of sp³-hybridized carbons (Fsp3) is 0.615. The van der Waals surface area contributed by atoms with E-state index in [9.17, 15) is 0 Å². The number of hydrogen-bond donors (Lipinski definition) is 2. The minimum atomic E-state index is -0.514. The van der Waals surface area contributed by atoms with Gasteiger partial charge in [0.1, 0.15) is 11.4 Å². The van der Waals surface area contributed by atoms with Crippen LogP contribution in [0, 0.1) is 5.41 Å². The van der Waals surface area contributed by atoms with E-state index in [1.165, 1.54) is 5.56 Å². The standard InChI is InChI=1S/C13H21N3OS/c1-2-17-13(12(14)15)4-6-16(7-5-13)9-11-3-8-18-10-11/h3,8,10H,2,4-7,9H2,1H3,(H3,14,15). The number of hydrogen-bond acceptors (Lipinski definition) is 4. The van der Waals surface area contributed by atoms with Crippen LogP contribution in [0.5, 0.6) is 0 Å². The van der Waals surface area contributed by atoms with Crippen molar-refractivity contribution in [2.24, 2.45) is 5.73 Å². The van der Waals surface area contributed by atoms with E-state index in [2.05, 4.69) is 21.7 Å². The number of nitrogens with zero attached hydrogens (tertiary/aromatic N) is 1. The molecule has 5 heteroatoms. The summed E-state index contributed by atoms with van der Waals surface area (Å²) in [5.41, 5.74) is 6.56. The summed E-state index contributed by atoms with van der Waals surface area (Å²) in [5, 5.41) is 12.0. The number of likely N-dealkylation sites (tertiary alicyclic amines) is 1. The molecule has 4 nitrogen and oxygen atoms in total. The summed E-state index contributed by atoms with van der Waals surface area (Å²) in [4.78, 5) is 2.41. The van der Waals surface area contributed by atoms with Crippen LogP contribution in [0.2, 0.25) is 0 Å². The highest BCUT2D eigenvalue weighted by molar-refractivity contribution is 7.07. The largest absolute Gasteiger partial charge is 0.385 e. The zero-order valence-electron chi connectivity index (χ0n) is 10.8. The van der Waals surface area contributed by atoms with E-state index in [0.717, 1.165) is 32.5 Å². The van der Waals surface area contributed by atoms with Crippen LogP contribution in [0.15, 0.2) is 16.8 Å². The van der Waals surface area contributed by atoms with Crippen LogP contribution in [0.4, 0.5) is 0 Å². The number of piperidine rings is 1. The molecule has 0 aromatic carbocycles. The van der Waals surface area contributed by atoms with Gasteiger partial charge in [-0.1, -0.05) is 0 Å². The van der Waals surface area contributed by atoms with Gasteiger partial charge in [0.15, 0.2) is 0 Å². The Morgan fingerprint density at radius 1 is 1.56 bits per heavy atom. The predicted molar refractivity (Wildman–Crippen MR) is 75.1 cm³/mol. The van der Waals surface area contributed by atoms with E-state index < -0.39 is 5.60 Å². The van der Waals surface area contributed by atoms with Crippen molar-refractivity contribution >= 4 is 17.2 Å². The maximum Gasteiger partial charge on any atom is 0.127 e. The highest BCUT2D eigenvalue weighted by Gasteiger charge is 2.38. The van der Waals surface area contributed by atoms with Crippen LogP contribution >= 0.6 is 11.3 Å². The molecule has 1 fully saturated rings. The fourth-order valence-corrected chi connectivity index (χ4v) is 3.14. The first-order valence-electron chi connectivity index (χ1n) is 6.38. The summed E-state index contributed by atoms with van der Waals surface area (Å²) in [5.74, 6) is 0.180. The molecule has 18 heavy (non-hydrogen) atoms. The van der Waals surface area contributed by atoms with Crippen molar-refractivity contribution < 1.29 is 4.74 Å². The van der Waals surface area contributed by atoms with Crippen LogP contribution in [-0.2, 0) is 11.3 Å². The Kier molecular flexibility index (Phi) is 4.37. The Hall–Kier alpha value is -0.910. The molecule has 0 aliphatic carbocycles. The zero-order chi connectivity index (χ0) is 13.0. The Morgan fingerprint density at radius 2 is 2.28 bits per heavy atom. The van der Waals surface area contributed by atoms with Crippen LogP contribution in [0.3, 0.4) is 0 Å². The first-order valence-corrected chi connectivity index (χ1v) is 7.32. The Morgan fingerprint density at radius 3 is 2.78 bits per heavy atom. The van der Waals surface area contributed by atoms with Gasteiger partial charge in [-0.05, 0) is 42.2 Å². The molecule has 3 N–H and O–H groups in total. The molecule has 1 saturated heterocycles. The molecular formula is C13H21N3OS. The Balaban J connectivity index is 1.91. The van der Waals surface area contributed by atoms with Gasteiger partial charge in [0.05, 0.1) is 0 Å². The second-order valence-electron chi connectivity index (χ2n) is 4.75.